The van der Waals surface area contributed by atoms with Crippen molar-refractivity contribution < 1.29 is 4.52 Å². The summed E-state index contributed by atoms with van der Waals surface area (Å²) in [7, 11) is 5.85. The minimum absolute atomic E-state index is 0.318. The molecule has 5 heteroatoms. The standard InChI is InChI=1S/C8H15N3O2/c1-10(2)4-5-11(3)7-6-9-13-8(7)12/h6,9H,4-5H2,1-3H3. The number of anilines is 1. The van der Waals surface area contributed by atoms with E-state index >= 15 is 0 Å². The molecule has 0 bridgehead atoms. The van der Waals surface area contributed by atoms with Gasteiger partial charge in [0.05, 0.1) is 6.20 Å². The summed E-state index contributed by atoms with van der Waals surface area (Å²) in [6.45, 7) is 1.71. The fourth-order valence-corrected chi connectivity index (χ4v) is 0.986. The maximum Gasteiger partial charge on any atom is 0.380 e. The van der Waals surface area contributed by atoms with Crippen molar-refractivity contribution in [3.8, 4) is 0 Å². The quantitative estimate of drug-likeness (QED) is 0.715. The topological polar surface area (TPSA) is 52.5 Å². The Morgan fingerprint density at radius 2 is 2.08 bits per heavy atom. The van der Waals surface area contributed by atoms with Crippen molar-refractivity contribution in [3.63, 3.8) is 0 Å². The first-order valence-electron chi connectivity index (χ1n) is 4.14. The molecule has 5 nitrogen and oxygen atoms in total. The lowest BCUT2D eigenvalue weighted by molar-refractivity contribution is 0.390. The van der Waals surface area contributed by atoms with E-state index in [1.54, 1.807) is 6.20 Å². The summed E-state index contributed by atoms with van der Waals surface area (Å²) in [4.78, 5) is 15.0. The van der Waals surface area contributed by atoms with E-state index < -0.39 is 0 Å². The Morgan fingerprint density at radius 1 is 1.38 bits per heavy atom. The lowest BCUT2D eigenvalue weighted by atomic mass is 10.4. The molecule has 13 heavy (non-hydrogen) atoms. The van der Waals surface area contributed by atoms with Crippen LogP contribution in [-0.2, 0) is 0 Å². The lowest BCUT2D eigenvalue weighted by Crippen LogP contribution is -2.30. The molecule has 74 valence electrons. The molecular formula is C8H15N3O2. The van der Waals surface area contributed by atoms with E-state index in [9.17, 15) is 4.79 Å². The van der Waals surface area contributed by atoms with E-state index in [2.05, 4.69) is 14.6 Å². The molecule has 0 saturated carbocycles. The van der Waals surface area contributed by atoms with Crippen LogP contribution in [-0.4, -0.2) is 44.3 Å². The molecule has 0 unspecified atom stereocenters. The molecule has 1 aromatic heterocycles. The van der Waals surface area contributed by atoms with Crippen molar-refractivity contribution >= 4 is 5.69 Å². The highest BCUT2D eigenvalue weighted by Gasteiger charge is 2.07. The largest absolute Gasteiger partial charge is 0.380 e. The summed E-state index contributed by atoms with van der Waals surface area (Å²) < 4.78 is 4.56. The Morgan fingerprint density at radius 3 is 2.54 bits per heavy atom. The maximum absolute atomic E-state index is 11.1. The number of aromatic amines is 1. The van der Waals surface area contributed by atoms with E-state index in [4.69, 9.17) is 0 Å². The minimum atomic E-state index is -0.318. The first kappa shape index (κ1) is 9.85. The number of hydrogen-bond acceptors (Lipinski definition) is 4. The third-order valence-corrected chi connectivity index (χ3v) is 1.85. The molecular weight excluding hydrogens is 170 g/mol. The van der Waals surface area contributed by atoms with Gasteiger partial charge in [-0.15, -0.1) is 0 Å². The zero-order valence-electron chi connectivity index (χ0n) is 8.20. The molecule has 1 heterocycles. The molecule has 1 aromatic rings. The lowest BCUT2D eigenvalue weighted by Gasteiger charge is -2.18. The van der Waals surface area contributed by atoms with Crippen LogP contribution in [0.4, 0.5) is 5.69 Å². The average Bonchev–Trinajstić information content (AvgIpc) is 2.47. The van der Waals surface area contributed by atoms with Gasteiger partial charge in [-0.25, -0.2) is 9.95 Å². The van der Waals surface area contributed by atoms with Crippen LogP contribution in [0, 0.1) is 0 Å². The van der Waals surface area contributed by atoms with Crippen LogP contribution in [0.1, 0.15) is 0 Å². The fraction of sp³-hybridized carbons (Fsp3) is 0.625. The van der Waals surface area contributed by atoms with E-state index in [1.165, 1.54) is 0 Å². The summed E-state index contributed by atoms with van der Waals surface area (Å²) in [5.41, 5.74) is 0.253. The molecule has 0 radical (unpaired) electrons. The van der Waals surface area contributed by atoms with Gasteiger partial charge in [0.15, 0.2) is 0 Å². The van der Waals surface area contributed by atoms with E-state index in [0.717, 1.165) is 13.1 Å². The van der Waals surface area contributed by atoms with Crippen molar-refractivity contribution in [3.05, 3.63) is 16.6 Å². The Bertz CT molecular complexity index is 302. The van der Waals surface area contributed by atoms with E-state index in [1.807, 2.05) is 26.0 Å². The highest BCUT2D eigenvalue weighted by Crippen LogP contribution is 2.02. The first-order chi connectivity index (χ1) is 6.11. The maximum atomic E-state index is 11.1. The monoisotopic (exact) mass is 185 g/mol. The van der Waals surface area contributed by atoms with Crippen molar-refractivity contribution in [1.29, 1.82) is 0 Å². The van der Waals surface area contributed by atoms with Crippen LogP contribution < -0.4 is 10.5 Å². The molecule has 0 aliphatic heterocycles. The highest BCUT2D eigenvalue weighted by molar-refractivity contribution is 5.39. The Kier molecular flexibility index (Phi) is 3.13. The van der Waals surface area contributed by atoms with Crippen molar-refractivity contribution in [2.24, 2.45) is 0 Å². The van der Waals surface area contributed by atoms with Crippen LogP contribution in [0.25, 0.3) is 0 Å². The van der Waals surface area contributed by atoms with Gasteiger partial charge >= 0.3 is 5.63 Å². The summed E-state index contributed by atoms with van der Waals surface area (Å²) in [5, 5.41) is 2.42. The number of nitrogens with zero attached hydrogens (tertiary/aromatic N) is 2. The predicted molar refractivity (Wildman–Crippen MR) is 51.2 cm³/mol. The minimum Gasteiger partial charge on any atom is -0.366 e. The van der Waals surface area contributed by atoms with E-state index in [-0.39, 0.29) is 5.63 Å². The summed E-state index contributed by atoms with van der Waals surface area (Å²) >= 11 is 0. The summed E-state index contributed by atoms with van der Waals surface area (Å²) in [6, 6.07) is 0. The van der Waals surface area contributed by atoms with Crippen molar-refractivity contribution in [1.82, 2.24) is 10.1 Å². The third kappa shape index (κ3) is 2.62. The van der Waals surface area contributed by atoms with Crippen molar-refractivity contribution in [2.75, 3.05) is 39.1 Å². The Hall–Kier alpha value is -1.23. The van der Waals surface area contributed by atoms with Crippen LogP contribution in [0.5, 0.6) is 0 Å². The SMILES string of the molecule is CN(C)CCN(C)c1c[nH]oc1=O. The second-order valence-corrected chi connectivity index (χ2v) is 3.26. The smallest absolute Gasteiger partial charge is 0.366 e. The number of H-pyrrole nitrogens is 1. The summed E-state index contributed by atoms with van der Waals surface area (Å²) in [5.74, 6) is 0. The van der Waals surface area contributed by atoms with Gasteiger partial charge in [-0.2, -0.15) is 0 Å². The molecule has 0 saturated heterocycles. The van der Waals surface area contributed by atoms with Gasteiger partial charge in [0.1, 0.15) is 5.69 Å². The van der Waals surface area contributed by atoms with Crippen LogP contribution in [0.2, 0.25) is 0 Å². The molecule has 0 atom stereocenters. The van der Waals surface area contributed by atoms with Crippen LogP contribution in [0.3, 0.4) is 0 Å². The summed E-state index contributed by atoms with van der Waals surface area (Å²) in [6.07, 6.45) is 1.57. The molecule has 0 aliphatic rings. The van der Waals surface area contributed by atoms with Crippen molar-refractivity contribution in [2.45, 2.75) is 0 Å². The number of hydrogen-bond donors (Lipinski definition) is 1. The molecule has 0 amide bonds. The molecule has 0 aromatic carbocycles. The average molecular weight is 185 g/mol. The van der Waals surface area contributed by atoms with Gasteiger partial charge in [0.25, 0.3) is 0 Å². The molecule has 0 aliphatic carbocycles. The second kappa shape index (κ2) is 4.13. The van der Waals surface area contributed by atoms with Gasteiger partial charge in [0, 0.05) is 20.1 Å². The van der Waals surface area contributed by atoms with Gasteiger partial charge in [-0.3, -0.25) is 0 Å². The number of likely N-dealkylation sites (N-methyl/N-ethyl adjacent to an activating group) is 2. The number of nitrogens with one attached hydrogen (secondary N) is 1. The molecule has 0 fully saturated rings. The second-order valence-electron chi connectivity index (χ2n) is 3.26. The fourth-order valence-electron chi connectivity index (χ4n) is 0.986. The number of rotatable bonds is 4. The van der Waals surface area contributed by atoms with Gasteiger partial charge < -0.3 is 14.3 Å². The number of aromatic nitrogens is 1. The Balaban J connectivity index is 2.54. The first-order valence-corrected chi connectivity index (χ1v) is 4.14. The zero-order chi connectivity index (χ0) is 9.84. The van der Waals surface area contributed by atoms with E-state index in [0.29, 0.717) is 5.69 Å². The highest BCUT2D eigenvalue weighted by atomic mass is 16.5. The molecule has 1 N–H and O–H groups in total. The van der Waals surface area contributed by atoms with Crippen LogP contribution >= 0.6 is 0 Å². The molecule has 0 spiro atoms. The van der Waals surface area contributed by atoms with Gasteiger partial charge in [-0.1, -0.05) is 0 Å². The normalized spacial score (nSPS) is 10.8. The van der Waals surface area contributed by atoms with Crippen LogP contribution in [0.15, 0.2) is 15.5 Å². The van der Waals surface area contributed by atoms with Gasteiger partial charge in [0.2, 0.25) is 0 Å². The predicted octanol–water partition coefficient (Wildman–Crippen LogP) is -0.0343. The molecule has 1 rings (SSSR count). The zero-order valence-corrected chi connectivity index (χ0v) is 8.20. The van der Waals surface area contributed by atoms with Gasteiger partial charge in [-0.05, 0) is 14.1 Å². The third-order valence-electron chi connectivity index (χ3n) is 1.85. The Labute approximate surface area is 76.9 Å².